The summed E-state index contributed by atoms with van der Waals surface area (Å²) in [7, 11) is 0. The molecule has 0 spiro atoms. The molecule has 0 aliphatic heterocycles. The molecular formula is C13H22N2O2S. The molecule has 1 heterocycles. The Bertz CT molecular complexity index is 388. The Labute approximate surface area is 112 Å². The van der Waals surface area contributed by atoms with Crippen molar-refractivity contribution in [1.82, 2.24) is 5.43 Å². The number of hydrogen-bond acceptors (Lipinski definition) is 4. The number of nitrogens with one attached hydrogen (secondary N) is 1. The summed E-state index contributed by atoms with van der Waals surface area (Å²) in [5, 5.41) is 0. The van der Waals surface area contributed by atoms with Gasteiger partial charge in [0.15, 0.2) is 0 Å². The van der Waals surface area contributed by atoms with Gasteiger partial charge in [0.05, 0.1) is 11.5 Å². The van der Waals surface area contributed by atoms with Crippen LogP contribution in [0.2, 0.25) is 0 Å². The summed E-state index contributed by atoms with van der Waals surface area (Å²) < 4.78 is 5.62. The van der Waals surface area contributed by atoms with E-state index in [1.54, 1.807) is 0 Å². The summed E-state index contributed by atoms with van der Waals surface area (Å²) in [6.07, 6.45) is 2.26. The first-order valence-electron chi connectivity index (χ1n) is 6.22. The molecule has 0 saturated heterocycles. The standard InChI is InChI=1S/C13H22N2O2S/c1-9(2)5-4-6-17-8-11-7-12(13(16)15-14)18-10(11)3/h7,9H,4-6,8,14H2,1-3H3,(H,15,16). The molecule has 0 radical (unpaired) electrons. The van der Waals surface area contributed by atoms with Crippen molar-refractivity contribution in [2.24, 2.45) is 11.8 Å². The van der Waals surface area contributed by atoms with E-state index < -0.39 is 0 Å². The number of thiophene rings is 1. The number of nitrogens with two attached hydrogens (primary N) is 1. The normalized spacial score (nSPS) is 10.9. The SMILES string of the molecule is Cc1sc(C(=O)NN)cc1COCCCC(C)C. The maximum absolute atomic E-state index is 11.4. The van der Waals surface area contributed by atoms with Crippen molar-refractivity contribution >= 4 is 17.2 Å². The average molecular weight is 270 g/mol. The van der Waals surface area contributed by atoms with Crippen LogP contribution in [0, 0.1) is 12.8 Å². The Morgan fingerprint density at radius 3 is 2.89 bits per heavy atom. The van der Waals surface area contributed by atoms with E-state index in [0.29, 0.717) is 11.5 Å². The van der Waals surface area contributed by atoms with Gasteiger partial charge in [0.25, 0.3) is 5.91 Å². The van der Waals surface area contributed by atoms with Crippen molar-refractivity contribution in [3.8, 4) is 0 Å². The summed E-state index contributed by atoms with van der Waals surface area (Å²) in [5.41, 5.74) is 3.21. The molecule has 1 amide bonds. The van der Waals surface area contributed by atoms with Crippen molar-refractivity contribution in [2.75, 3.05) is 6.61 Å². The Morgan fingerprint density at radius 2 is 2.28 bits per heavy atom. The van der Waals surface area contributed by atoms with Gasteiger partial charge in [-0.15, -0.1) is 11.3 Å². The number of nitrogen functional groups attached to an aromatic ring is 1. The van der Waals surface area contributed by atoms with Crippen molar-refractivity contribution in [3.05, 3.63) is 21.4 Å². The lowest BCUT2D eigenvalue weighted by Crippen LogP contribution is -2.29. The lowest BCUT2D eigenvalue weighted by Gasteiger charge is -2.05. The molecule has 0 saturated carbocycles. The van der Waals surface area contributed by atoms with E-state index in [0.717, 1.165) is 29.4 Å². The number of amides is 1. The topological polar surface area (TPSA) is 64.4 Å². The van der Waals surface area contributed by atoms with E-state index in [9.17, 15) is 4.79 Å². The molecule has 1 aromatic heterocycles. The van der Waals surface area contributed by atoms with E-state index in [1.165, 1.54) is 17.8 Å². The predicted molar refractivity (Wildman–Crippen MR) is 74.4 cm³/mol. The molecular weight excluding hydrogens is 248 g/mol. The van der Waals surface area contributed by atoms with Crippen LogP contribution in [0.1, 0.15) is 46.8 Å². The molecule has 1 rings (SSSR count). The number of carbonyl (C=O) groups excluding carboxylic acids is 1. The first-order valence-corrected chi connectivity index (χ1v) is 7.04. The van der Waals surface area contributed by atoms with E-state index >= 15 is 0 Å². The van der Waals surface area contributed by atoms with Crippen molar-refractivity contribution in [1.29, 1.82) is 0 Å². The van der Waals surface area contributed by atoms with Gasteiger partial charge < -0.3 is 4.74 Å². The van der Waals surface area contributed by atoms with Crippen LogP contribution < -0.4 is 11.3 Å². The lowest BCUT2D eigenvalue weighted by molar-refractivity contribution is 0.0957. The number of aryl methyl sites for hydroxylation is 1. The smallest absolute Gasteiger partial charge is 0.275 e. The second-order valence-electron chi connectivity index (χ2n) is 4.75. The molecule has 0 bridgehead atoms. The maximum atomic E-state index is 11.4. The summed E-state index contributed by atoms with van der Waals surface area (Å²) in [6, 6.07) is 1.85. The van der Waals surface area contributed by atoms with Gasteiger partial charge >= 0.3 is 0 Å². The number of ether oxygens (including phenoxy) is 1. The third-order valence-corrected chi connectivity index (χ3v) is 3.79. The highest BCUT2D eigenvalue weighted by atomic mass is 32.1. The van der Waals surface area contributed by atoms with Crippen LogP contribution in [0.4, 0.5) is 0 Å². The summed E-state index contributed by atoms with van der Waals surface area (Å²) in [5.74, 6) is 5.58. The highest BCUT2D eigenvalue weighted by Crippen LogP contribution is 2.22. The molecule has 102 valence electrons. The van der Waals surface area contributed by atoms with Gasteiger partial charge in [0.1, 0.15) is 0 Å². The molecule has 0 fully saturated rings. The fourth-order valence-electron chi connectivity index (χ4n) is 1.62. The third kappa shape index (κ3) is 4.76. The number of carbonyl (C=O) groups is 1. The van der Waals surface area contributed by atoms with E-state index in [1.807, 2.05) is 13.0 Å². The number of hydrazine groups is 1. The first-order chi connectivity index (χ1) is 8.54. The van der Waals surface area contributed by atoms with E-state index in [2.05, 4.69) is 19.3 Å². The Balaban J connectivity index is 2.38. The first kappa shape index (κ1) is 15.1. The van der Waals surface area contributed by atoms with Crippen molar-refractivity contribution < 1.29 is 9.53 Å². The minimum atomic E-state index is -0.242. The molecule has 0 aromatic carbocycles. The Morgan fingerprint density at radius 1 is 1.56 bits per heavy atom. The maximum Gasteiger partial charge on any atom is 0.275 e. The van der Waals surface area contributed by atoms with Gasteiger partial charge in [0, 0.05) is 11.5 Å². The minimum absolute atomic E-state index is 0.242. The average Bonchev–Trinajstić information content (AvgIpc) is 2.69. The fourth-order valence-corrected chi connectivity index (χ4v) is 2.55. The Kier molecular flexibility index (Phi) is 6.32. The van der Waals surface area contributed by atoms with Crippen molar-refractivity contribution in [3.63, 3.8) is 0 Å². The predicted octanol–water partition coefficient (Wildman–Crippen LogP) is 2.61. The second-order valence-corrected chi connectivity index (χ2v) is 6.01. The molecule has 18 heavy (non-hydrogen) atoms. The molecule has 3 N–H and O–H groups in total. The molecule has 0 aliphatic carbocycles. The van der Waals surface area contributed by atoms with Gasteiger partial charge in [-0.25, -0.2) is 5.84 Å². The quantitative estimate of drug-likeness (QED) is 0.346. The van der Waals surface area contributed by atoms with Crippen LogP contribution in [0.3, 0.4) is 0 Å². The molecule has 0 aliphatic rings. The van der Waals surface area contributed by atoms with Gasteiger partial charge in [-0.2, -0.15) is 0 Å². The van der Waals surface area contributed by atoms with Crippen LogP contribution in [-0.4, -0.2) is 12.5 Å². The van der Waals surface area contributed by atoms with Gasteiger partial charge in [0.2, 0.25) is 0 Å². The van der Waals surface area contributed by atoms with Crippen LogP contribution in [0.15, 0.2) is 6.07 Å². The van der Waals surface area contributed by atoms with E-state index in [4.69, 9.17) is 10.6 Å². The van der Waals surface area contributed by atoms with Crippen LogP contribution in [0.5, 0.6) is 0 Å². The highest BCUT2D eigenvalue weighted by Gasteiger charge is 2.11. The summed E-state index contributed by atoms with van der Waals surface area (Å²) in [4.78, 5) is 13.1. The lowest BCUT2D eigenvalue weighted by atomic mass is 10.1. The van der Waals surface area contributed by atoms with Crippen molar-refractivity contribution in [2.45, 2.75) is 40.2 Å². The zero-order valence-electron chi connectivity index (χ0n) is 11.3. The van der Waals surface area contributed by atoms with Crippen LogP contribution in [-0.2, 0) is 11.3 Å². The largest absolute Gasteiger partial charge is 0.377 e. The summed E-state index contributed by atoms with van der Waals surface area (Å²) >= 11 is 1.44. The monoisotopic (exact) mass is 270 g/mol. The number of hydrogen-bond donors (Lipinski definition) is 2. The molecule has 1 aromatic rings. The van der Waals surface area contributed by atoms with Crippen LogP contribution in [0.25, 0.3) is 0 Å². The van der Waals surface area contributed by atoms with Gasteiger partial charge in [-0.3, -0.25) is 10.2 Å². The molecule has 0 atom stereocenters. The third-order valence-electron chi connectivity index (χ3n) is 2.70. The molecule has 4 nitrogen and oxygen atoms in total. The molecule has 5 heteroatoms. The number of rotatable bonds is 7. The van der Waals surface area contributed by atoms with Gasteiger partial charge in [-0.05, 0) is 37.3 Å². The fraction of sp³-hybridized carbons (Fsp3) is 0.615. The zero-order chi connectivity index (χ0) is 13.5. The summed E-state index contributed by atoms with van der Waals surface area (Å²) in [6.45, 7) is 7.75. The van der Waals surface area contributed by atoms with E-state index in [-0.39, 0.29) is 5.91 Å². The second kappa shape index (κ2) is 7.51. The van der Waals surface area contributed by atoms with Crippen LogP contribution >= 0.6 is 11.3 Å². The minimum Gasteiger partial charge on any atom is -0.377 e. The zero-order valence-corrected chi connectivity index (χ0v) is 12.1. The Hall–Kier alpha value is -0.910. The highest BCUT2D eigenvalue weighted by molar-refractivity contribution is 7.14. The molecule has 0 unspecified atom stereocenters. The van der Waals surface area contributed by atoms with Gasteiger partial charge in [-0.1, -0.05) is 13.8 Å².